The van der Waals surface area contributed by atoms with Gasteiger partial charge in [0, 0.05) is 19.0 Å². The number of anilines is 2. The summed E-state index contributed by atoms with van der Waals surface area (Å²) in [5.74, 6) is 6.56. The summed E-state index contributed by atoms with van der Waals surface area (Å²) in [4.78, 5) is 19.1. The van der Waals surface area contributed by atoms with E-state index in [-0.39, 0.29) is 11.9 Å². The van der Waals surface area contributed by atoms with Gasteiger partial charge in [-0.1, -0.05) is 0 Å². The van der Waals surface area contributed by atoms with Crippen LogP contribution in [0.2, 0.25) is 0 Å². The fourth-order valence-corrected chi connectivity index (χ4v) is 2.10. The van der Waals surface area contributed by atoms with Crippen molar-refractivity contribution in [1.29, 1.82) is 0 Å². The number of aromatic nitrogens is 2. The van der Waals surface area contributed by atoms with Gasteiger partial charge in [-0.15, -0.1) is 0 Å². The van der Waals surface area contributed by atoms with Crippen molar-refractivity contribution in [3.8, 4) is 0 Å². The molecule has 0 aromatic carbocycles. The Hall–Kier alpha value is -1.41. The van der Waals surface area contributed by atoms with Gasteiger partial charge in [0.1, 0.15) is 16.6 Å². The zero-order valence-electron chi connectivity index (χ0n) is 9.03. The summed E-state index contributed by atoms with van der Waals surface area (Å²) in [6.45, 7) is 0.630. The van der Waals surface area contributed by atoms with Gasteiger partial charge in [-0.3, -0.25) is 4.79 Å². The van der Waals surface area contributed by atoms with Gasteiger partial charge in [-0.2, -0.15) is 0 Å². The van der Waals surface area contributed by atoms with E-state index in [1.165, 1.54) is 6.33 Å². The number of rotatable bonds is 4. The van der Waals surface area contributed by atoms with Crippen LogP contribution in [0.3, 0.4) is 0 Å². The number of nitrogens with zero attached hydrogens (tertiary/aromatic N) is 2. The summed E-state index contributed by atoms with van der Waals surface area (Å²) < 4.78 is 0.673. The third-order valence-corrected chi connectivity index (χ3v) is 3.28. The minimum absolute atomic E-state index is 0.0999. The van der Waals surface area contributed by atoms with Crippen LogP contribution in [0.5, 0.6) is 0 Å². The molecule has 1 atom stereocenters. The first-order valence-electron chi connectivity index (χ1n) is 5.21. The number of hydrogen-bond donors (Lipinski definition) is 4. The zero-order valence-corrected chi connectivity index (χ0v) is 10.6. The maximum Gasteiger partial charge on any atom is 0.220 e. The van der Waals surface area contributed by atoms with Crippen LogP contribution < -0.4 is 21.9 Å². The van der Waals surface area contributed by atoms with Crippen molar-refractivity contribution >= 4 is 33.5 Å². The Kier molecular flexibility index (Phi) is 3.75. The molecule has 0 radical (unpaired) electrons. The summed E-state index contributed by atoms with van der Waals surface area (Å²) >= 11 is 3.35. The van der Waals surface area contributed by atoms with Crippen LogP contribution in [0.4, 0.5) is 11.6 Å². The molecule has 1 fully saturated rings. The van der Waals surface area contributed by atoms with Crippen molar-refractivity contribution < 1.29 is 4.79 Å². The van der Waals surface area contributed by atoms with E-state index in [1.807, 2.05) is 0 Å². The lowest BCUT2D eigenvalue weighted by atomic mass is 10.2. The molecular formula is C9H13BrN6O. The predicted octanol–water partition coefficient (Wildman–Crippen LogP) is 0.215. The molecule has 0 saturated carbocycles. The van der Waals surface area contributed by atoms with Gasteiger partial charge >= 0.3 is 0 Å². The molecule has 1 aromatic rings. The molecule has 2 rings (SSSR count). The van der Waals surface area contributed by atoms with E-state index >= 15 is 0 Å². The highest BCUT2D eigenvalue weighted by Crippen LogP contribution is 2.25. The molecule has 1 unspecified atom stereocenters. The second kappa shape index (κ2) is 5.28. The second-order valence-corrected chi connectivity index (χ2v) is 4.51. The first kappa shape index (κ1) is 12.1. The van der Waals surface area contributed by atoms with Crippen LogP contribution >= 0.6 is 15.9 Å². The quantitative estimate of drug-likeness (QED) is 0.468. The highest BCUT2D eigenvalue weighted by molar-refractivity contribution is 9.10. The summed E-state index contributed by atoms with van der Waals surface area (Å²) in [5.41, 5.74) is 2.46. The normalized spacial score (nSPS) is 18.9. The summed E-state index contributed by atoms with van der Waals surface area (Å²) in [5, 5.41) is 6.01. The van der Waals surface area contributed by atoms with E-state index in [4.69, 9.17) is 5.84 Å². The van der Waals surface area contributed by atoms with E-state index < -0.39 is 0 Å². The van der Waals surface area contributed by atoms with E-state index in [9.17, 15) is 4.79 Å². The van der Waals surface area contributed by atoms with Gasteiger partial charge in [0.2, 0.25) is 5.91 Å². The Balaban J connectivity index is 1.97. The van der Waals surface area contributed by atoms with Crippen molar-refractivity contribution in [1.82, 2.24) is 15.3 Å². The fraction of sp³-hybridized carbons (Fsp3) is 0.444. The standard InChI is InChI=1S/C9H13BrN6O/c10-7-8(13-4-14-9(7)16-11)12-3-5-1-2-6(17)15-5/h4-5H,1-3,11H2,(H,15,17)(H2,12,13,14,16). The predicted molar refractivity (Wildman–Crippen MR) is 67.2 cm³/mol. The maximum atomic E-state index is 11.0. The molecule has 0 spiro atoms. The fourth-order valence-electron chi connectivity index (χ4n) is 1.64. The Morgan fingerprint density at radius 3 is 2.94 bits per heavy atom. The van der Waals surface area contributed by atoms with Crippen LogP contribution in [-0.4, -0.2) is 28.5 Å². The molecule has 5 N–H and O–H groups in total. The first-order chi connectivity index (χ1) is 8.20. The van der Waals surface area contributed by atoms with Crippen molar-refractivity contribution in [2.75, 3.05) is 17.3 Å². The number of carbonyl (C=O) groups excluding carboxylic acids is 1. The first-order valence-corrected chi connectivity index (χ1v) is 6.00. The topological polar surface area (TPSA) is 105 Å². The van der Waals surface area contributed by atoms with Crippen LogP contribution in [0.15, 0.2) is 10.8 Å². The third-order valence-electron chi connectivity index (χ3n) is 2.53. The number of nitrogens with two attached hydrogens (primary N) is 1. The molecule has 17 heavy (non-hydrogen) atoms. The van der Waals surface area contributed by atoms with Gasteiger partial charge in [-0.05, 0) is 22.4 Å². The van der Waals surface area contributed by atoms with Gasteiger partial charge in [-0.25, -0.2) is 15.8 Å². The van der Waals surface area contributed by atoms with Crippen molar-refractivity contribution in [2.24, 2.45) is 5.84 Å². The lowest BCUT2D eigenvalue weighted by molar-refractivity contribution is -0.119. The summed E-state index contributed by atoms with van der Waals surface area (Å²) in [7, 11) is 0. The molecular weight excluding hydrogens is 288 g/mol. The van der Waals surface area contributed by atoms with Crippen molar-refractivity contribution in [3.63, 3.8) is 0 Å². The number of hydrazine groups is 1. The lowest BCUT2D eigenvalue weighted by Crippen LogP contribution is -2.32. The Labute approximate surface area is 107 Å². The smallest absolute Gasteiger partial charge is 0.220 e. The largest absolute Gasteiger partial charge is 0.367 e. The number of nitrogens with one attached hydrogen (secondary N) is 3. The van der Waals surface area contributed by atoms with E-state index in [1.54, 1.807) is 0 Å². The molecule has 2 heterocycles. The minimum Gasteiger partial charge on any atom is -0.367 e. The molecule has 92 valence electrons. The van der Waals surface area contributed by atoms with Crippen molar-refractivity contribution in [3.05, 3.63) is 10.8 Å². The molecule has 1 amide bonds. The Morgan fingerprint density at radius 1 is 1.53 bits per heavy atom. The average Bonchev–Trinajstić information content (AvgIpc) is 2.74. The number of halogens is 1. The highest BCUT2D eigenvalue weighted by atomic mass is 79.9. The van der Waals surface area contributed by atoms with Gasteiger partial charge < -0.3 is 16.1 Å². The average molecular weight is 301 g/mol. The Bertz CT molecular complexity index is 426. The van der Waals surface area contributed by atoms with Crippen LogP contribution in [-0.2, 0) is 4.79 Å². The lowest BCUT2D eigenvalue weighted by Gasteiger charge is -2.13. The SMILES string of the molecule is NNc1ncnc(NCC2CCC(=O)N2)c1Br. The Morgan fingerprint density at radius 2 is 2.29 bits per heavy atom. The van der Waals surface area contributed by atoms with Gasteiger partial charge in [0.05, 0.1) is 0 Å². The second-order valence-electron chi connectivity index (χ2n) is 3.71. The van der Waals surface area contributed by atoms with E-state index in [0.717, 1.165) is 6.42 Å². The highest BCUT2D eigenvalue weighted by Gasteiger charge is 2.20. The molecule has 1 saturated heterocycles. The minimum atomic E-state index is 0.0999. The van der Waals surface area contributed by atoms with Crippen LogP contribution in [0.1, 0.15) is 12.8 Å². The number of hydrogen-bond acceptors (Lipinski definition) is 6. The monoisotopic (exact) mass is 300 g/mol. The molecule has 1 aliphatic rings. The van der Waals surface area contributed by atoms with Gasteiger partial charge in [0.15, 0.2) is 5.82 Å². The molecule has 8 heteroatoms. The molecule has 0 aliphatic carbocycles. The molecule has 0 bridgehead atoms. The van der Waals surface area contributed by atoms with Crippen LogP contribution in [0.25, 0.3) is 0 Å². The van der Waals surface area contributed by atoms with Gasteiger partial charge in [0.25, 0.3) is 0 Å². The van der Waals surface area contributed by atoms with E-state index in [2.05, 4.69) is 42.0 Å². The maximum absolute atomic E-state index is 11.0. The van der Waals surface area contributed by atoms with Crippen molar-refractivity contribution in [2.45, 2.75) is 18.9 Å². The summed E-state index contributed by atoms with van der Waals surface area (Å²) in [6.07, 6.45) is 2.85. The zero-order chi connectivity index (χ0) is 12.3. The molecule has 1 aliphatic heterocycles. The molecule has 1 aromatic heterocycles. The third kappa shape index (κ3) is 2.83. The number of carbonyl (C=O) groups is 1. The van der Waals surface area contributed by atoms with E-state index in [0.29, 0.717) is 29.1 Å². The number of amides is 1. The summed E-state index contributed by atoms with van der Waals surface area (Å²) in [6, 6.07) is 0.152. The van der Waals surface area contributed by atoms with Crippen LogP contribution in [0, 0.1) is 0 Å². The number of nitrogen functional groups attached to an aromatic ring is 1. The molecule has 7 nitrogen and oxygen atoms in total.